The average Bonchev–Trinajstić information content (AvgIpc) is 2.46. The molecule has 2 unspecified atom stereocenters. The van der Waals surface area contributed by atoms with E-state index >= 15 is 0 Å². The number of nitrogens with one attached hydrogen (secondary N) is 1. The van der Waals surface area contributed by atoms with Gasteiger partial charge in [-0.05, 0) is 35.2 Å². The van der Waals surface area contributed by atoms with Gasteiger partial charge in [-0.3, -0.25) is 0 Å². The maximum absolute atomic E-state index is 13.3. The Morgan fingerprint density at radius 1 is 1.16 bits per heavy atom. The first kappa shape index (κ1) is 12.4. The molecule has 0 amide bonds. The molecule has 3 rings (SSSR count). The van der Waals surface area contributed by atoms with Gasteiger partial charge in [0.25, 0.3) is 0 Å². The Labute approximate surface area is 113 Å². The van der Waals surface area contributed by atoms with Crippen LogP contribution in [0, 0.1) is 5.82 Å². The largest absolute Gasteiger partial charge is 0.305 e. The summed E-state index contributed by atoms with van der Waals surface area (Å²) in [4.78, 5) is 0. The zero-order chi connectivity index (χ0) is 13.2. The molecule has 1 aliphatic rings. The number of rotatable bonds is 2. The minimum atomic E-state index is -0.145. The van der Waals surface area contributed by atoms with Crippen LogP contribution in [0.25, 0.3) is 0 Å². The van der Waals surface area contributed by atoms with E-state index in [1.807, 2.05) is 12.1 Å². The van der Waals surface area contributed by atoms with Gasteiger partial charge in [0, 0.05) is 18.5 Å². The molecule has 1 aliphatic heterocycles. The number of hydrogen-bond acceptors (Lipinski definition) is 1. The van der Waals surface area contributed by atoms with Gasteiger partial charge in [-0.15, -0.1) is 0 Å². The van der Waals surface area contributed by atoms with Crippen LogP contribution in [0.1, 0.15) is 42.0 Å². The highest BCUT2D eigenvalue weighted by molar-refractivity contribution is 5.37. The van der Waals surface area contributed by atoms with E-state index < -0.39 is 0 Å². The van der Waals surface area contributed by atoms with Gasteiger partial charge in [-0.1, -0.05) is 43.3 Å². The lowest BCUT2D eigenvalue weighted by Crippen LogP contribution is -2.32. The second-order valence-corrected chi connectivity index (χ2v) is 5.13. The van der Waals surface area contributed by atoms with E-state index in [9.17, 15) is 4.39 Å². The van der Waals surface area contributed by atoms with Crippen molar-refractivity contribution in [1.29, 1.82) is 0 Å². The van der Waals surface area contributed by atoms with Gasteiger partial charge in [-0.2, -0.15) is 0 Å². The third-order valence-electron chi connectivity index (χ3n) is 4.02. The SMILES string of the molecule is CCC1c2ccc(F)cc2CNC1c1ccccc1. The van der Waals surface area contributed by atoms with Crippen molar-refractivity contribution in [2.45, 2.75) is 31.8 Å². The fraction of sp³-hybridized carbons (Fsp3) is 0.294. The van der Waals surface area contributed by atoms with Gasteiger partial charge in [0.15, 0.2) is 0 Å². The number of benzene rings is 2. The maximum Gasteiger partial charge on any atom is 0.123 e. The molecule has 0 aromatic heterocycles. The lowest BCUT2D eigenvalue weighted by Gasteiger charge is -2.34. The van der Waals surface area contributed by atoms with Crippen LogP contribution >= 0.6 is 0 Å². The predicted molar refractivity (Wildman–Crippen MR) is 75.5 cm³/mol. The Bertz CT molecular complexity index is 565. The molecule has 2 aromatic carbocycles. The standard InChI is InChI=1S/C17H18FN/c1-2-15-16-9-8-14(18)10-13(16)11-19-17(15)12-6-4-3-5-7-12/h3-10,15,17,19H,2,11H2,1H3. The molecule has 0 aliphatic carbocycles. The van der Waals surface area contributed by atoms with Crippen molar-refractivity contribution in [3.8, 4) is 0 Å². The Balaban J connectivity index is 2.00. The fourth-order valence-electron chi connectivity index (χ4n) is 3.10. The molecule has 0 saturated carbocycles. The summed E-state index contributed by atoms with van der Waals surface area (Å²) in [6, 6.07) is 16.0. The van der Waals surface area contributed by atoms with Crippen molar-refractivity contribution >= 4 is 0 Å². The minimum Gasteiger partial charge on any atom is -0.305 e. The number of hydrogen-bond donors (Lipinski definition) is 1. The van der Waals surface area contributed by atoms with Crippen LogP contribution in [0.5, 0.6) is 0 Å². The Hall–Kier alpha value is -1.67. The quantitative estimate of drug-likeness (QED) is 0.849. The Morgan fingerprint density at radius 2 is 1.95 bits per heavy atom. The van der Waals surface area contributed by atoms with E-state index in [1.165, 1.54) is 11.1 Å². The highest BCUT2D eigenvalue weighted by Crippen LogP contribution is 2.39. The molecule has 0 spiro atoms. The average molecular weight is 255 g/mol. The molecule has 0 bridgehead atoms. The maximum atomic E-state index is 13.3. The molecule has 98 valence electrons. The molecule has 2 heteroatoms. The monoisotopic (exact) mass is 255 g/mol. The Kier molecular flexibility index (Phi) is 3.34. The van der Waals surface area contributed by atoms with Crippen molar-refractivity contribution in [2.75, 3.05) is 0 Å². The van der Waals surface area contributed by atoms with E-state index in [1.54, 1.807) is 12.1 Å². The zero-order valence-corrected chi connectivity index (χ0v) is 11.1. The van der Waals surface area contributed by atoms with Gasteiger partial charge in [0.2, 0.25) is 0 Å². The molecular formula is C17H18FN. The van der Waals surface area contributed by atoms with Crippen LogP contribution in [-0.4, -0.2) is 0 Å². The van der Waals surface area contributed by atoms with E-state index in [0.717, 1.165) is 18.5 Å². The molecule has 1 nitrogen and oxygen atoms in total. The van der Waals surface area contributed by atoms with Crippen molar-refractivity contribution in [3.05, 3.63) is 71.0 Å². The number of halogens is 1. The first-order valence-electron chi connectivity index (χ1n) is 6.86. The van der Waals surface area contributed by atoms with Crippen LogP contribution in [-0.2, 0) is 6.54 Å². The van der Waals surface area contributed by atoms with Crippen LogP contribution in [0.4, 0.5) is 4.39 Å². The fourth-order valence-corrected chi connectivity index (χ4v) is 3.10. The Morgan fingerprint density at radius 3 is 2.68 bits per heavy atom. The third-order valence-corrected chi connectivity index (χ3v) is 4.02. The van der Waals surface area contributed by atoms with Gasteiger partial charge >= 0.3 is 0 Å². The first-order chi connectivity index (χ1) is 9.29. The molecular weight excluding hydrogens is 237 g/mol. The minimum absolute atomic E-state index is 0.145. The molecule has 0 radical (unpaired) electrons. The normalized spacial score (nSPS) is 22.0. The third kappa shape index (κ3) is 2.28. The molecule has 0 saturated heterocycles. The van der Waals surface area contributed by atoms with E-state index in [4.69, 9.17) is 0 Å². The van der Waals surface area contributed by atoms with Crippen LogP contribution in [0.15, 0.2) is 48.5 Å². The van der Waals surface area contributed by atoms with Crippen molar-refractivity contribution < 1.29 is 4.39 Å². The van der Waals surface area contributed by atoms with E-state index in [-0.39, 0.29) is 5.82 Å². The van der Waals surface area contributed by atoms with Gasteiger partial charge in [0.05, 0.1) is 0 Å². The first-order valence-corrected chi connectivity index (χ1v) is 6.86. The van der Waals surface area contributed by atoms with E-state index in [0.29, 0.717) is 12.0 Å². The smallest absolute Gasteiger partial charge is 0.123 e. The second-order valence-electron chi connectivity index (χ2n) is 5.13. The lowest BCUT2D eigenvalue weighted by atomic mass is 9.80. The van der Waals surface area contributed by atoms with Gasteiger partial charge in [-0.25, -0.2) is 4.39 Å². The van der Waals surface area contributed by atoms with Gasteiger partial charge < -0.3 is 5.32 Å². The molecule has 1 N–H and O–H groups in total. The molecule has 0 fully saturated rings. The summed E-state index contributed by atoms with van der Waals surface area (Å²) in [5.74, 6) is 0.264. The summed E-state index contributed by atoms with van der Waals surface area (Å²) >= 11 is 0. The van der Waals surface area contributed by atoms with Crippen molar-refractivity contribution in [1.82, 2.24) is 5.32 Å². The van der Waals surface area contributed by atoms with Gasteiger partial charge in [0.1, 0.15) is 5.82 Å². The second kappa shape index (κ2) is 5.14. The summed E-state index contributed by atoms with van der Waals surface area (Å²) in [5, 5.41) is 3.55. The van der Waals surface area contributed by atoms with Crippen molar-refractivity contribution in [3.63, 3.8) is 0 Å². The summed E-state index contributed by atoms with van der Waals surface area (Å²) in [6.07, 6.45) is 1.05. The molecule has 2 atom stereocenters. The number of fused-ring (bicyclic) bond motifs is 1. The topological polar surface area (TPSA) is 12.0 Å². The summed E-state index contributed by atoms with van der Waals surface area (Å²) in [7, 11) is 0. The van der Waals surface area contributed by atoms with E-state index in [2.05, 4.69) is 36.5 Å². The van der Waals surface area contributed by atoms with Crippen LogP contribution in [0.2, 0.25) is 0 Å². The van der Waals surface area contributed by atoms with Crippen molar-refractivity contribution in [2.24, 2.45) is 0 Å². The molecule has 19 heavy (non-hydrogen) atoms. The zero-order valence-electron chi connectivity index (χ0n) is 11.1. The summed E-state index contributed by atoms with van der Waals surface area (Å²) < 4.78 is 13.3. The summed E-state index contributed by atoms with van der Waals surface area (Å²) in [5.41, 5.74) is 3.69. The summed E-state index contributed by atoms with van der Waals surface area (Å²) in [6.45, 7) is 2.93. The molecule has 1 heterocycles. The highest BCUT2D eigenvalue weighted by Gasteiger charge is 2.28. The predicted octanol–water partition coefficient (Wildman–Crippen LogP) is 4.16. The highest BCUT2D eigenvalue weighted by atomic mass is 19.1. The lowest BCUT2D eigenvalue weighted by molar-refractivity contribution is 0.403. The molecule has 2 aromatic rings. The van der Waals surface area contributed by atoms with Crippen LogP contribution < -0.4 is 5.32 Å². The van der Waals surface area contributed by atoms with Crippen LogP contribution in [0.3, 0.4) is 0 Å².